The number of nitrogens with one attached hydrogen (secondary N) is 2. The van der Waals surface area contributed by atoms with E-state index >= 15 is 0 Å². The van der Waals surface area contributed by atoms with Crippen LogP contribution in [-0.2, 0) is 11.0 Å². The van der Waals surface area contributed by atoms with Crippen molar-refractivity contribution in [1.29, 1.82) is 5.26 Å². The second kappa shape index (κ2) is 8.05. The fourth-order valence-corrected chi connectivity index (χ4v) is 1.98. The minimum atomic E-state index is -4.51. The minimum absolute atomic E-state index is 0.0234. The molecular weight excluding hydrogens is 363 g/mol. The van der Waals surface area contributed by atoms with E-state index in [0.717, 1.165) is 18.3 Å². The Morgan fingerprint density at radius 2 is 1.74 bits per heavy atom. The van der Waals surface area contributed by atoms with Gasteiger partial charge in [-0.15, -0.1) is 0 Å². The molecule has 0 bridgehead atoms. The third kappa shape index (κ3) is 5.34. The summed E-state index contributed by atoms with van der Waals surface area (Å²) in [5, 5.41) is 22.8. The molecule has 2 aromatic carbocycles. The van der Waals surface area contributed by atoms with Crippen LogP contribution in [0.5, 0.6) is 0 Å². The molecule has 27 heavy (non-hydrogen) atoms. The van der Waals surface area contributed by atoms with Crippen LogP contribution in [0.15, 0.2) is 60.3 Å². The summed E-state index contributed by atoms with van der Waals surface area (Å²) in [6, 6.07) is 11.1. The highest BCUT2D eigenvalue weighted by Crippen LogP contribution is 2.30. The van der Waals surface area contributed by atoms with Crippen LogP contribution in [-0.4, -0.2) is 17.0 Å². The van der Waals surface area contributed by atoms with E-state index in [2.05, 4.69) is 10.6 Å². The zero-order valence-corrected chi connectivity index (χ0v) is 13.5. The number of hydrogen-bond donors (Lipinski definition) is 3. The standard InChI is InChI=1S/C18H12F3N3O3/c19-18(20,21)13-2-1-3-15(8-13)23-10-12(9-22)16(25)24-14-6-4-11(5-7-14)17(26)27/h1-8,10,23H,(H,24,25)(H,26,27)/b12-10-. The van der Waals surface area contributed by atoms with Gasteiger partial charge in [0.25, 0.3) is 5.91 Å². The van der Waals surface area contributed by atoms with Gasteiger partial charge in [0, 0.05) is 17.6 Å². The van der Waals surface area contributed by atoms with Gasteiger partial charge in [-0.05, 0) is 42.5 Å². The Hall–Kier alpha value is -3.80. The third-order valence-corrected chi connectivity index (χ3v) is 3.33. The molecule has 1 amide bonds. The quantitative estimate of drug-likeness (QED) is 0.544. The van der Waals surface area contributed by atoms with Crippen molar-refractivity contribution >= 4 is 23.3 Å². The third-order valence-electron chi connectivity index (χ3n) is 3.33. The van der Waals surface area contributed by atoms with E-state index in [1.807, 2.05) is 0 Å². The zero-order chi connectivity index (χ0) is 20.0. The van der Waals surface area contributed by atoms with Crippen molar-refractivity contribution in [3.63, 3.8) is 0 Å². The largest absolute Gasteiger partial charge is 0.478 e. The van der Waals surface area contributed by atoms with Crippen LogP contribution < -0.4 is 10.6 Å². The van der Waals surface area contributed by atoms with Gasteiger partial charge < -0.3 is 15.7 Å². The first-order chi connectivity index (χ1) is 12.7. The molecule has 0 spiro atoms. The number of aromatic carboxylic acids is 1. The van der Waals surface area contributed by atoms with E-state index in [9.17, 15) is 22.8 Å². The number of nitrogens with zero attached hydrogens (tertiary/aromatic N) is 1. The average molecular weight is 375 g/mol. The molecule has 0 saturated heterocycles. The lowest BCUT2D eigenvalue weighted by molar-refractivity contribution is -0.137. The predicted octanol–water partition coefficient (Wildman–Crippen LogP) is 3.86. The lowest BCUT2D eigenvalue weighted by Crippen LogP contribution is -2.14. The molecule has 138 valence electrons. The Morgan fingerprint density at radius 1 is 1.07 bits per heavy atom. The molecule has 0 unspecified atom stereocenters. The topological polar surface area (TPSA) is 102 Å². The van der Waals surface area contributed by atoms with E-state index < -0.39 is 23.6 Å². The number of carbonyl (C=O) groups excluding carboxylic acids is 1. The SMILES string of the molecule is N#C/C(=C/Nc1cccc(C(F)(F)F)c1)C(=O)Nc1ccc(C(=O)O)cc1. The van der Waals surface area contributed by atoms with Crippen molar-refractivity contribution in [2.45, 2.75) is 6.18 Å². The van der Waals surface area contributed by atoms with Gasteiger partial charge in [-0.25, -0.2) is 4.79 Å². The lowest BCUT2D eigenvalue weighted by Gasteiger charge is -2.09. The first kappa shape index (κ1) is 19.5. The fourth-order valence-electron chi connectivity index (χ4n) is 1.98. The number of carboxylic acids is 1. The monoisotopic (exact) mass is 375 g/mol. The Bertz CT molecular complexity index is 929. The fraction of sp³-hybridized carbons (Fsp3) is 0.0556. The molecule has 0 aromatic heterocycles. The molecule has 0 atom stereocenters. The summed E-state index contributed by atoms with van der Waals surface area (Å²) < 4.78 is 38.1. The number of alkyl halides is 3. The van der Waals surface area contributed by atoms with Crippen LogP contribution in [0, 0.1) is 11.3 Å². The first-order valence-electron chi connectivity index (χ1n) is 7.39. The highest BCUT2D eigenvalue weighted by Gasteiger charge is 2.30. The molecular formula is C18H12F3N3O3. The highest BCUT2D eigenvalue weighted by atomic mass is 19.4. The number of carbonyl (C=O) groups is 2. The number of anilines is 2. The van der Waals surface area contributed by atoms with Crippen LogP contribution >= 0.6 is 0 Å². The van der Waals surface area contributed by atoms with Crippen LogP contribution in [0.2, 0.25) is 0 Å². The maximum atomic E-state index is 12.7. The van der Waals surface area contributed by atoms with Crippen molar-refractivity contribution in [3.8, 4) is 6.07 Å². The molecule has 0 fully saturated rings. The summed E-state index contributed by atoms with van der Waals surface area (Å²) in [6.07, 6.45) is -3.53. The molecule has 0 radical (unpaired) electrons. The second-order valence-electron chi connectivity index (χ2n) is 5.23. The van der Waals surface area contributed by atoms with Crippen molar-refractivity contribution in [2.75, 3.05) is 10.6 Å². The maximum absolute atomic E-state index is 12.7. The molecule has 0 aliphatic rings. The van der Waals surface area contributed by atoms with Crippen LogP contribution in [0.4, 0.5) is 24.5 Å². The van der Waals surface area contributed by atoms with Gasteiger partial charge in [0.2, 0.25) is 0 Å². The second-order valence-corrected chi connectivity index (χ2v) is 5.23. The van der Waals surface area contributed by atoms with Gasteiger partial charge in [0.15, 0.2) is 0 Å². The number of carboxylic acid groups (broad SMARTS) is 1. The lowest BCUT2D eigenvalue weighted by atomic mass is 10.2. The number of benzene rings is 2. The average Bonchev–Trinajstić information content (AvgIpc) is 2.62. The first-order valence-corrected chi connectivity index (χ1v) is 7.39. The summed E-state index contributed by atoms with van der Waals surface area (Å²) in [5.74, 6) is -1.93. The van der Waals surface area contributed by atoms with Crippen LogP contribution in [0.3, 0.4) is 0 Å². The summed E-state index contributed by atoms with van der Waals surface area (Å²) in [6.45, 7) is 0. The molecule has 9 heteroatoms. The molecule has 0 aliphatic heterocycles. The zero-order valence-electron chi connectivity index (χ0n) is 13.5. The maximum Gasteiger partial charge on any atom is 0.416 e. The van der Waals surface area contributed by atoms with E-state index in [1.165, 1.54) is 36.4 Å². The number of nitriles is 1. The summed E-state index contributed by atoms with van der Waals surface area (Å²) in [7, 11) is 0. The van der Waals surface area contributed by atoms with Crippen LogP contribution in [0.25, 0.3) is 0 Å². The van der Waals surface area contributed by atoms with Gasteiger partial charge in [0.05, 0.1) is 11.1 Å². The molecule has 0 aliphatic carbocycles. The summed E-state index contributed by atoms with van der Waals surface area (Å²) in [5.41, 5.74) is -0.922. The Balaban J connectivity index is 2.10. The van der Waals surface area contributed by atoms with Crippen molar-refractivity contribution in [2.24, 2.45) is 0 Å². The van der Waals surface area contributed by atoms with Gasteiger partial charge >= 0.3 is 12.1 Å². The molecule has 0 saturated carbocycles. The van der Waals surface area contributed by atoms with Crippen molar-refractivity contribution in [3.05, 3.63) is 71.4 Å². The molecule has 2 aromatic rings. The number of rotatable bonds is 5. The van der Waals surface area contributed by atoms with Crippen molar-refractivity contribution < 1.29 is 27.9 Å². The number of hydrogen-bond acceptors (Lipinski definition) is 4. The Morgan fingerprint density at radius 3 is 2.30 bits per heavy atom. The predicted molar refractivity (Wildman–Crippen MR) is 90.8 cm³/mol. The molecule has 6 nitrogen and oxygen atoms in total. The number of halogens is 3. The van der Waals surface area contributed by atoms with Gasteiger partial charge in [-0.1, -0.05) is 6.07 Å². The summed E-state index contributed by atoms with van der Waals surface area (Å²) in [4.78, 5) is 22.8. The van der Waals surface area contributed by atoms with E-state index in [4.69, 9.17) is 10.4 Å². The Kier molecular flexibility index (Phi) is 5.82. The molecule has 2 rings (SSSR count). The normalized spacial score (nSPS) is 11.4. The van der Waals surface area contributed by atoms with Crippen molar-refractivity contribution in [1.82, 2.24) is 0 Å². The van der Waals surface area contributed by atoms with Gasteiger partial charge in [0.1, 0.15) is 11.6 Å². The highest BCUT2D eigenvalue weighted by molar-refractivity contribution is 6.06. The van der Waals surface area contributed by atoms with Crippen LogP contribution in [0.1, 0.15) is 15.9 Å². The number of amides is 1. The summed E-state index contributed by atoms with van der Waals surface area (Å²) >= 11 is 0. The molecule has 3 N–H and O–H groups in total. The van der Waals surface area contributed by atoms with E-state index in [1.54, 1.807) is 6.07 Å². The van der Waals surface area contributed by atoms with Gasteiger partial charge in [-0.2, -0.15) is 18.4 Å². The molecule has 0 heterocycles. The minimum Gasteiger partial charge on any atom is -0.478 e. The smallest absolute Gasteiger partial charge is 0.416 e. The van der Waals surface area contributed by atoms with Gasteiger partial charge in [-0.3, -0.25) is 4.79 Å². The van der Waals surface area contributed by atoms with E-state index in [-0.39, 0.29) is 22.5 Å². The Labute approximate surface area is 151 Å². The van der Waals surface area contributed by atoms with E-state index in [0.29, 0.717) is 0 Å².